The average molecular weight is 496 g/mol. The van der Waals surface area contributed by atoms with E-state index in [2.05, 4.69) is 5.32 Å². The Kier molecular flexibility index (Phi) is 7.36. The molecule has 1 heterocycles. The summed E-state index contributed by atoms with van der Waals surface area (Å²) >= 11 is 5.59. The highest BCUT2D eigenvalue weighted by atomic mass is 32.1. The summed E-state index contributed by atoms with van der Waals surface area (Å²) in [5.74, 6) is -0.937. The molecule has 9 heteroatoms. The van der Waals surface area contributed by atoms with Gasteiger partial charge in [0.2, 0.25) is 5.91 Å². The molecular formula is C26H23F2N3O3S. The van der Waals surface area contributed by atoms with E-state index in [1.54, 1.807) is 54.5 Å². The van der Waals surface area contributed by atoms with Gasteiger partial charge in [0.25, 0.3) is 5.91 Å². The molecule has 0 saturated carbocycles. The summed E-state index contributed by atoms with van der Waals surface area (Å²) in [5, 5.41) is 2.96. The zero-order chi connectivity index (χ0) is 24.9. The van der Waals surface area contributed by atoms with E-state index in [0.717, 1.165) is 0 Å². The van der Waals surface area contributed by atoms with E-state index < -0.39 is 17.8 Å². The normalized spacial score (nSPS) is 15.5. The van der Waals surface area contributed by atoms with Gasteiger partial charge in [0.1, 0.15) is 23.4 Å². The Morgan fingerprint density at radius 2 is 1.71 bits per heavy atom. The second-order valence-electron chi connectivity index (χ2n) is 7.96. The molecule has 1 N–H and O–H groups in total. The molecule has 0 aromatic heterocycles. The first-order valence-electron chi connectivity index (χ1n) is 10.9. The van der Waals surface area contributed by atoms with Crippen LogP contribution in [0.4, 0.5) is 20.2 Å². The van der Waals surface area contributed by atoms with Crippen molar-refractivity contribution >= 4 is 40.5 Å². The van der Waals surface area contributed by atoms with Gasteiger partial charge in [-0.15, -0.1) is 0 Å². The predicted octanol–water partition coefficient (Wildman–Crippen LogP) is 4.55. The lowest BCUT2D eigenvalue weighted by atomic mass is 10.1. The summed E-state index contributed by atoms with van der Waals surface area (Å²) in [4.78, 5) is 29.2. The van der Waals surface area contributed by atoms with Gasteiger partial charge in [0.15, 0.2) is 5.11 Å². The quantitative estimate of drug-likeness (QED) is 0.465. The Labute approximate surface area is 207 Å². The number of benzene rings is 3. The Morgan fingerprint density at radius 1 is 1.03 bits per heavy atom. The van der Waals surface area contributed by atoms with Gasteiger partial charge in [-0.05, 0) is 78.8 Å². The SMILES string of the molecule is COc1ccc(NC(=O)C[C@@H]2C(=O)N(c3ccc(F)cc3)C(=S)N2CCc2ccccc2F)cc1. The van der Waals surface area contributed by atoms with Gasteiger partial charge < -0.3 is 15.0 Å². The smallest absolute Gasteiger partial charge is 0.256 e. The number of amides is 2. The average Bonchev–Trinajstić information content (AvgIpc) is 3.08. The van der Waals surface area contributed by atoms with E-state index in [4.69, 9.17) is 17.0 Å². The van der Waals surface area contributed by atoms with Gasteiger partial charge >= 0.3 is 0 Å². The minimum Gasteiger partial charge on any atom is -0.497 e. The van der Waals surface area contributed by atoms with E-state index in [-0.39, 0.29) is 36.2 Å². The molecule has 0 aliphatic carbocycles. The summed E-state index contributed by atoms with van der Waals surface area (Å²) in [7, 11) is 1.55. The van der Waals surface area contributed by atoms with Crippen molar-refractivity contribution in [2.75, 3.05) is 23.9 Å². The highest BCUT2D eigenvalue weighted by Crippen LogP contribution is 2.28. The molecular weight excluding hydrogens is 472 g/mol. The minimum absolute atomic E-state index is 0.167. The molecule has 1 saturated heterocycles. The van der Waals surface area contributed by atoms with Crippen LogP contribution in [0.25, 0.3) is 0 Å². The number of carbonyl (C=O) groups excluding carboxylic acids is 2. The second kappa shape index (κ2) is 10.6. The van der Waals surface area contributed by atoms with Crippen LogP contribution >= 0.6 is 12.2 Å². The van der Waals surface area contributed by atoms with Crippen molar-refractivity contribution in [2.24, 2.45) is 0 Å². The third-order valence-corrected chi connectivity index (χ3v) is 6.15. The van der Waals surface area contributed by atoms with Gasteiger partial charge in [-0.3, -0.25) is 14.5 Å². The van der Waals surface area contributed by atoms with Crippen molar-refractivity contribution in [3.63, 3.8) is 0 Å². The Bertz CT molecular complexity index is 1240. The number of methoxy groups -OCH3 is 1. The molecule has 1 fully saturated rings. The van der Waals surface area contributed by atoms with E-state index in [1.165, 1.54) is 35.2 Å². The molecule has 6 nitrogen and oxygen atoms in total. The first-order chi connectivity index (χ1) is 16.9. The zero-order valence-electron chi connectivity index (χ0n) is 18.9. The topological polar surface area (TPSA) is 61.9 Å². The van der Waals surface area contributed by atoms with Crippen LogP contribution in [0.5, 0.6) is 5.75 Å². The molecule has 0 unspecified atom stereocenters. The van der Waals surface area contributed by atoms with Gasteiger partial charge in [-0.25, -0.2) is 8.78 Å². The lowest BCUT2D eigenvalue weighted by Crippen LogP contribution is -2.39. The van der Waals surface area contributed by atoms with E-state index in [9.17, 15) is 18.4 Å². The monoisotopic (exact) mass is 495 g/mol. The summed E-state index contributed by atoms with van der Waals surface area (Å²) in [5.41, 5.74) is 1.43. The molecule has 1 aliphatic rings. The molecule has 0 radical (unpaired) electrons. The van der Waals surface area contributed by atoms with Crippen LogP contribution < -0.4 is 15.0 Å². The highest BCUT2D eigenvalue weighted by Gasteiger charge is 2.44. The summed E-state index contributed by atoms with van der Waals surface area (Å²) < 4.78 is 32.8. The fourth-order valence-electron chi connectivity index (χ4n) is 3.92. The van der Waals surface area contributed by atoms with Crippen molar-refractivity contribution < 1.29 is 23.1 Å². The lowest BCUT2D eigenvalue weighted by Gasteiger charge is -2.24. The van der Waals surface area contributed by atoms with E-state index >= 15 is 0 Å². The Morgan fingerprint density at radius 3 is 2.37 bits per heavy atom. The number of nitrogens with one attached hydrogen (secondary N) is 1. The van der Waals surface area contributed by atoms with Gasteiger partial charge in [-0.1, -0.05) is 18.2 Å². The molecule has 180 valence electrons. The largest absolute Gasteiger partial charge is 0.497 e. The highest BCUT2D eigenvalue weighted by molar-refractivity contribution is 7.80. The summed E-state index contributed by atoms with van der Waals surface area (Å²) in [6, 6.07) is 17.7. The number of anilines is 2. The Balaban J connectivity index is 1.55. The number of rotatable bonds is 8. The van der Waals surface area contributed by atoms with Crippen LogP contribution in [-0.4, -0.2) is 41.5 Å². The molecule has 3 aromatic rings. The second-order valence-corrected chi connectivity index (χ2v) is 8.33. The number of nitrogens with zero attached hydrogens (tertiary/aromatic N) is 2. The van der Waals surface area contributed by atoms with Gasteiger partial charge in [0.05, 0.1) is 19.2 Å². The molecule has 0 bridgehead atoms. The van der Waals surface area contributed by atoms with Crippen LogP contribution in [-0.2, 0) is 16.0 Å². The molecule has 3 aromatic carbocycles. The molecule has 2 amide bonds. The summed E-state index contributed by atoms with van der Waals surface area (Å²) in [6.07, 6.45) is 0.119. The molecule has 4 rings (SSSR count). The fraction of sp³-hybridized carbons (Fsp3) is 0.192. The maximum Gasteiger partial charge on any atom is 0.256 e. The lowest BCUT2D eigenvalue weighted by molar-refractivity contribution is -0.124. The summed E-state index contributed by atoms with van der Waals surface area (Å²) in [6.45, 7) is 0.226. The van der Waals surface area contributed by atoms with Crippen LogP contribution in [0.2, 0.25) is 0 Å². The first kappa shape index (κ1) is 24.3. The zero-order valence-corrected chi connectivity index (χ0v) is 19.7. The molecule has 35 heavy (non-hydrogen) atoms. The van der Waals surface area contributed by atoms with Crippen LogP contribution in [0, 0.1) is 11.6 Å². The number of carbonyl (C=O) groups is 2. The van der Waals surface area contributed by atoms with Gasteiger partial charge in [0, 0.05) is 12.2 Å². The standard InChI is InChI=1S/C26H23F2N3O3S/c1-34-21-12-8-19(9-13-21)29-24(32)16-23-25(33)31(20-10-6-18(27)7-11-20)26(35)30(23)15-14-17-4-2-3-5-22(17)28/h2-13,23H,14-16H2,1H3,(H,29,32)/t23-/m1/s1. The van der Waals surface area contributed by atoms with Crippen LogP contribution in [0.15, 0.2) is 72.8 Å². The maximum atomic E-state index is 14.2. The third kappa shape index (κ3) is 5.46. The maximum absolute atomic E-state index is 14.2. The third-order valence-electron chi connectivity index (χ3n) is 5.74. The van der Waals surface area contributed by atoms with Gasteiger partial charge in [-0.2, -0.15) is 0 Å². The first-order valence-corrected chi connectivity index (χ1v) is 11.4. The number of hydrogen-bond donors (Lipinski definition) is 1. The van der Waals surface area contributed by atoms with Crippen LogP contribution in [0.1, 0.15) is 12.0 Å². The number of ether oxygens (including phenoxy) is 1. The van der Waals surface area contributed by atoms with Crippen molar-refractivity contribution in [1.29, 1.82) is 0 Å². The van der Waals surface area contributed by atoms with Crippen molar-refractivity contribution in [3.05, 3.63) is 90.0 Å². The molecule has 0 spiro atoms. The number of halogens is 2. The van der Waals surface area contributed by atoms with E-state index in [1.807, 2.05) is 0 Å². The van der Waals surface area contributed by atoms with Crippen molar-refractivity contribution in [1.82, 2.24) is 4.90 Å². The molecule has 1 aliphatic heterocycles. The van der Waals surface area contributed by atoms with E-state index in [0.29, 0.717) is 22.7 Å². The Hall–Kier alpha value is -3.85. The van der Waals surface area contributed by atoms with Crippen molar-refractivity contribution in [2.45, 2.75) is 18.9 Å². The number of hydrogen-bond acceptors (Lipinski definition) is 4. The predicted molar refractivity (Wildman–Crippen MR) is 133 cm³/mol. The molecule has 1 atom stereocenters. The number of thiocarbonyl (C=S) groups is 1. The van der Waals surface area contributed by atoms with Crippen molar-refractivity contribution in [3.8, 4) is 5.75 Å². The fourth-order valence-corrected chi connectivity index (χ4v) is 4.33. The van der Waals surface area contributed by atoms with Crippen LogP contribution in [0.3, 0.4) is 0 Å². The minimum atomic E-state index is -0.891.